The highest BCUT2D eigenvalue weighted by atomic mass is 19.3. The Bertz CT molecular complexity index is 1120. The van der Waals surface area contributed by atoms with Crippen molar-refractivity contribution in [2.45, 2.75) is 88.6 Å². The van der Waals surface area contributed by atoms with E-state index in [4.69, 9.17) is 4.74 Å². The van der Waals surface area contributed by atoms with E-state index in [1.54, 1.807) is 12.1 Å². The van der Waals surface area contributed by atoms with Crippen LogP contribution >= 0.6 is 0 Å². The van der Waals surface area contributed by atoms with Gasteiger partial charge < -0.3 is 14.6 Å². The number of rotatable bonds is 8. The Morgan fingerprint density at radius 2 is 1.28 bits per heavy atom. The first-order valence-corrected chi connectivity index (χ1v) is 13.0. The Hall–Kier alpha value is -2.40. The van der Waals surface area contributed by atoms with Gasteiger partial charge in [0.1, 0.15) is 11.6 Å². The van der Waals surface area contributed by atoms with Crippen LogP contribution in [0.3, 0.4) is 0 Å². The predicted octanol–water partition coefficient (Wildman–Crippen LogP) is 8.41. The summed E-state index contributed by atoms with van der Waals surface area (Å²) < 4.78 is 123. The number of hydrogen-bond donors (Lipinski definition) is 1. The third-order valence-corrected chi connectivity index (χ3v) is 7.83. The maximum absolute atomic E-state index is 15.0. The van der Waals surface area contributed by atoms with Crippen LogP contribution in [0.2, 0.25) is 0 Å². The zero-order valence-corrected chi connectivity index (χ0v) is 21.2. The molecule has 1 N–H and O–H groups in total. The minimum absolute atomic E-state index is 0.0957. The van der Waals surface area contributed by atoms with Crippen LogP contribution in [0.1, 0.15) is 81.4 Å². The average Bonchev–Trinajstić information content (AvgIpc) is 2.87. The van der Waals surface area contributed by atoms with E-state index in [-0.39, 0.29) is 44.4 Å². The van der Waals surface area contributed by atoms with E-state index >= 15 is 0 Å². The summed E-state index contributed by atoms with van der Waals surface area (Å²) in [6.45, 7) is 1.52. The Labute approximate surface area is 221 Å². The maximum Gasteiger partial charge on any atom is 0.400 e. The Morgan fingerprint density at radius 1 is 0.744 bits per heavy atom. The molecule has 2 aromatic carbocycles. The van der Waals surface area contributed by atoms with E-state index < -0.39 is 65.3 Å². The summed E-state index contributed by atoms with van der Waals surface area (Å²) in [6, 6.07) is 5.09. The summed E-state index contributed by atoms with van der Waals surface area (Å²) in [7, 11) is 0. The Morgan fingerprint density at radius 3 is 1.82 bits per heavy atom. The zero-order valence-electron chi connectivity index (χ0n) is 21.2. The van der Waals surface area contributed by atoms with E-state index in [2.05, 4.69) is 4.74 Å². The second-order valence-corrected chi connectivity index (χ2v) is 10.5. The molecule has 0 spiro atoms. The van der Waals surface area contributed by atoms with Gasteiger partial charge in [-0.15, -0.1) is 0 Å². The summed E-state index contributed by atoms with van der Waals surface area (Å²) in [6.07, 6.45) is -8.92. The van der Waals surface area contributed by atoms with Crippen molar-refractivity contribution in [3.05, 3.63) is 64.7 Å². The molecule has 2 aliphatic carbocycles. The Kier molecular flexibility index (Phi) is 8.80. The largest absolute Gasteiger partial charge is 0.432 e. The van der Waals surface area contributed by atoms with Gasteiger partial charge in [-0.3, -0.25) is 0 Å². The predicted molar refractivity (Wildman–Crippen MR) is 125 cm³/mol. The number of aliphatic hydroxyl groups is 1. The molecule has 2 aliphatic rings. The van der Waals surface area contributed by atoms with Gasteiger partial charge in [-0.25, -0.2) is 17.6 Å². The van der Waals surface area contributed by atoms with Crippen molar-refractivity contribution in [3.8, 4) is 5.75 Å². The number of hydrogen-bond acceptors (Lipinski definition) is 3. The van der Waals surface area contributed by atoms with Gasteiger partial charge >= 0.3 is 12.2 Å². The van der Waals surface area contributed by atoms with Crippen LogP contribution in [0.5, 0.6) is 5.75 Å². The molecule has 1 unspecified atom stereocenters. The molecule has 11 heteroatoms. The number of halogens is 8. The zero-order chi connectivity index (χ0) is 28.5. The lowest BCUT2D eigenvalue weighted by atomic mass is 9.77. The molecule has 4 rings (SSSR count). The monoisotopic (exact) mass is 566 g/mol. The molecule has 2 saturated carbocycles. The van der Waals surface area contributed by atoms with Crippen molar-refractivity contribution in [1.29, 1.82) is 0 Å². The fourth-order valence-electron chi connectivity index (χ4n) is 5.54. The van der Waals surface area contributed by atoms with Gasteiger partial charge in [0.15, 0.2) is 17.5 Å². The van der Waals surface area contributed by atoms with Gasteiger partial charge in [0.05, 0.1) is 24.0 Å². The third kappa shape index (κ3) is 6.85. The molecule has 0 aromatic heterocycles. The lowest BCUT2D eigenvalue weighted by Crippen LogP contribution is -2.42. The van der Waals surface area contributed by atoms with Crippen LogP contribution in [0, 0.1) is 35.1 Å². The second-order valence-electron chi connectivity index (χ2n) is 10.5. The first kappa shape index (κ1) is 29.6. The number of benzene rings is 2. The summed E-state index contributed by atoms with van der Waals surface area (Å²) >= 11 is 0. The SMILES string of the molecule is CC(O)c1ccc(C2CCC(C(F)(F)OC3CCC(C(F)(F)Oc4cc(F)c(F)c(F)c4)CC3)CC2)c(F)c1. The molecule has 0 aliphatic heterocycles. The summed E-state index contributed by atoms with van der Waals surface area (Å²) in [5, 5.41) is 9.61. The molecule has 1 atom stereocenters. The van der Waals surface area contributed by atoms with Crippen LogP contribution in [0.4, 0.5) is 35.1 Å². The summed E-state index contributed by atoms with van der Waals surface area (Å²) in [5.74, 6) is -9.26. The molecule has 0 heterocycles. The van der Waals surface area contributed by atoms with Crippen molar-refractivity contribution in [1.82, 2.24) is 0 Å². The fourth-order valence-corrected chi connectivity index (χ4v) is 5.54. The minimum atomic E-state index is -3.86. The third-order valence-electron chi connectivity index (χ3n) is 7.83. The van der Waals surface area contributed by atoms with Crippen molar-refractivity contribution >= 4 is 0 Å². The van der Waals surface area contributed by atoms with E-state index in [0.717, 1.165) is 0 Å². The molecule has 0 amide bonds. The van der Waals surface area contributed by atoms with E-state index in [1.165, 1.54) is 13.0 Å². The van der Waals surface area contributed by atoms with Crippen LogP contribution in [-0.4, -0.2) is 23.4 Å². The maximum atomic E-state index is 15.0. The quantitative estimate of drug-likeness (QED) is 0.258. The highest BCUT2D eigenvalue weighted by molar-refractivity contribution is 5.29. The molecular formula is C28H30F8O3. The molecule has 0 radical (unpaired) electrons. The topological polar surface area (TPSA) is 38.7 Å². The van der Waals surface area contributed by atoms with E-state index in [9.17, 15) is 40.2 Å². The van der Waals surface area contributed by atoms with Crippen molar-refractivity contribution in [3.63, 3.8) is 0 Å². The van der Waals surface area contributed by atoms with Gasteiger partial charge in [0.25, 0.3) is 0 Å². The van der Waals surface area contributed by atoms with E-state index in [0.29, 0.717) is 36.1 Å². The lowest BCUT2D eigenvalue weighted by molar-refractivity contribution is -0.305. The molecule has 39 heavy (non-hydrogen) atoms. The molecular weight excluding hydrogens is 536 g/mol. The highest BCUT2D eigenvalue weighted by Gasteiger charge is 2.48. The van der Waals surface area contributed by atoms with Crippen molar-refractivity contribution in [2.24, 2.45) is 11.8 Å². The normalized spacial score (nSPS) is 25.4. The lowest BCUT2D eigenvalue weighted by Gasteiger charge is -2.38. The van der Waals surface area contributed by atoms with Crippen molar-refractivity contribution < 1.29 is 49.7 Å². The second kappa shape index (κ2) is 11.6. The van der Waals surface area contributed by atoms with Crippen molar-refractivity contribution in [2.75, 3.05) is 0 Å². The van der Waals surface area contributed by atoms with Gasteiger partial charge in [-0.2, -0.15) is 17.6 Å². The standard InChI is InChI=1S/C28H30F8O3/c1-15(37)17-4-11-22(23(29)12-17)16-2-5-18(6-3-16)27(33,34)38-20-9-7-19(8-10-20)28(35,36)39-21-13-24(30)26(32)25(31)14-21/h4,11-16,18-20,37H,2-3,5-10H2,1H3. The summed E-state index contributed by atoms with van der Waals surface area (Å²) in [5.41, 5.74) is 0.858. The first-order valence-electron chi connectivity index (χ1n) is 13.0. The fraction of sp³-hybridized carbons (Fsp3) is 0.571. The minimum Gasteiger partial charge on any atom is -0.432 e. The smallest absolute Gasteiger partial charge is 0.400 e. The molecule has 2 aromatic rings. The molecule has 0 bridgehead atoms. The Balaban J connectivity index is 1.28. The average molecular weight is 567 g/mol. The molecule has 2 fully saturated rings. The van der Waals surface area contributed by atoms with Crippen LogP contribution in [0.25, 0.3) is 0 Å². The van der Waals surface area contributed by atoms with Gasteiger partial charge in [-0.05, 0) is 81.4 Å². The number of ether oxygens (including phenoxy) is 2. The molecule has 3 nitrogen and oxygen atoms in total. The molecule has 0 saturated heterocycles. The highest BCUT2D eigenvalue weighted by Crippen LogP contribution is 2.46. The summed E-state index contributed by atoms with van der Waals surface area (Å²) in [4.78, 5) is 0. The molecule has 216 valence electrons. The van der Waals surface area contributed by atoms with Crippen LogP contribution in [0.15, 0.2) is 30.3 Å². The van der Waals surface area contributed by atoms with Gasteiger partial charge in [0, 0.05) is 12.1 Å². The number of aliphatic hydroxyl groups excluding tert-OH is 1. The van der Waals surface area contributed by atoms with Crippen LogP contribution in [-0.2, 0) is 4.74 Å². The number of alkyl halides is 4. The van der Waals surface area contributed by atoms with Crippen LogP contribution < -0.4 is 4.74 Å². The van der Waals surface area contributed by atoms with Gasteiger partial charge in [-0.1, -0.05) is 12.1 Å². The van der Waals surface area contributed by atoms with E-state index in [1.807, 2.05) is 0 Å². The van der Waals surface area contributed by atoms with Gasteiger partial charge in [0.2, 0.25) is 0 Å². The first-order chi connectivity index (χ1) is 18.3.